The maximum absolute atomic E-state index is 13.5. The summed E-state index contributed by atoms with van der Waals surface area (Å²) in [6.07, 6.45) is 2.96. The Labute approximate surface area is 224 Å². The van der Waals surface area contributed by atoms with Crippen LogP contribution in [-0.4, -0.2) is 45.1 Å². The van der Waals surface area contributed by atoms with E-state index in [0.717, 1.165) is 38.5 Å². The van der Waals surface area contributed by atoms with Crippen molar-refractivity contribution in [1.29, 1.82) is 0 Å². The van der Waals surface area contributed by atoms with Gasteiger partial charge in [0.15, 0.2) is 0 Å². The predicted octanol–water partition coefficient (Wildman–Crippen LogP) is 4.30. The zero-order valence-corrected chi connectivity index (χ0v) is 21.0. The van der Waals surface area contributed by atoms with Crippen LogP contribution in [-0.2, 0) is 33.8 Å². The van der Waals surface area contributed by atoms with Crippen LogP contribution >= 0.6 is 0 Å². The molecule has 9 nitrogen and oxygen atoms in total. The largest absolute Gasteiger partial charge is 0.480 e. The number of aliphatic carboxylic acids is 1. The third kappa shape index (κ3) is 6.10. The lowest BCUT2D eigenvalue weighted by Crippen LogP contribution is -2.53. The Morgan fingerprint density at radius 3 is 1.85 bits per heavy atom. The van der Waals surface area contributed by atoms with Gasteiger partial charge in [0.2, 0.25) is 5.91 Å². The van der Waals surface area contributed by atoms with Crippen molar-refractivity contribution in [2.45, 2.75) is 31.5 Å². The minimum atomic E-state index is -1.20. The smallest absolute Gasteiger partial charge is 0.408 e. The van der Waals surface area contributed by atoms with Gasteiger partial charge in [-0.1, -0.05) is 66.7 Å². The quantitative estimate of drug-likeness (QED) is 0.186. The first-order valence-electron chi connectivity index (χ1n) is 12.6. The number of H-pyrrole nitrogens is 2. The van der Waals surface area contributed by atoms with E-state index in [1.165, 1.54) is 0 Å². The van der Waals surface area contributed by atoms with Crippen LogP contribution in [0.25, 0.3) is 21.8 Å². The van der Waals surface area contributed by atoms with Gasteiger partial charge in [0.05, 0.1) is 0 Å². The van der Waals surface area contributed by atoms with E-state index in [0.29, 0.717) is 0 Å². The van der Waals surface area contributed by atoms with Crippen molar-refractivity contribution in [3.63, 3.8) is 0 Å². The molecular weight excluding hydrogens is 496 g/mol. The summed E-state index contributed by atoms with van der Waals surface area (Å²) >= 11 is 0. The maximum Gasteiger partial charge on any atom is 0.408 e. The van der Waals surface area contributed by atoms with Gasteiger partial charge in [-0.25, -0.2) is 9.59 Å². The van der Waals surface area contributed by atoms with Crippen molar-refractivity contribution in [1.82, 2.24) is 20.6 Å². The Bertz CT molecular complexity index is 1610. The molecule has 9 heteroatoms. The molecule has 198 valence electrons. The molecule has 0 radical (unpaired) electrons. The van der Waals surface area contributed by atoms with E-state index in [4.69, 9.17) is 4.74 Å². The molecule has 2 aromatic heterocycles. The van der Waals surface area contributed by atoms with Gasteiger partial charge in [-0.15, -0.1) is 0 Å². The number of alkyl carbamates (subject to hydrolysis) is 1. The number of nitrogens with one attached hydrogen (secondary N) is 4. The lowest BCUT2D eigenvalue weighted by molar-refractivity contribution is -0.142. The second-order valence-corrected chi connectivity index (χ2v) is 9.29. The number of ether oxygens (including phenoxy) is 1. The fourth-order valence-corrected chi connectivity index (χ4v) is 4.63. The van der Waals surface area contributed by atoms with Crippen molar-refractivity contribution < 1.29 is 24.2 Å². The van der Waals surface area contributed by atoms with Gasteiger partial charge in [0.1, 0.15) is 18.7 Å². The molecule has 0 spiro atoms. The van der Waals surface area contributed by atoms with E-state index in [-0.39, 0.29) is 19.4 Å². The number of amides is 2. The third-order valence-corrected chi connectivity index (χ3v) is 6.63. The summed E-state index contributed by atoms with van der Waals surface area (Å²) in [6, 6.07) is 22.1. The molecule has 2 heterocycles. The second kappa shape index (κ2) is 11.6. The Morgan fingerprint density at radius 1 is 0.718 bits per heavy atom. The number of aromatic nitrogens is 2. The highest BCUT2D eigenvalue weighted by molar-refractivity contribution is 5.91. The van der Waals surface area contributed by atoms with Crippen LogP contribution in [0.5, 0.6) is 0 Å². The Hall–Kier alpha value is -5.05. The summed E-state index contributed by atoms with van der Waals surface area (Å²) < 4.78 is 5.34. The average molecular weight is 525 g/mol. The Morgan fingerprint density at radius 2 is 1.26 bits per heavy atom. The maximum atomic E-state index is 13.5. The molecule has 0 aliphatic carbocycles. The molecule has 2 atom stereocenters. The van der Waals surface area contributed by atoms with E-state index < -0.39 is 30.1 Å². The van der Waals surface area contributed by atoms with Gasteiger partial charge in [-0.3, -0.25) is 4.79 Å². The minimum Gasteiger partial charge on any atom is -0.480 e. The minimum absolute atomic E-state index is 0.0341. The number of carboxylic acids is 1. The summed E-state index contributed by atoms with van der Waals surface area (Å²) in [5, 5.41) is 17.0. The van der Waals surface area contributed by atoms with Gasteiger partial charge >= 0.3 is 12.1 Å². The van der Waals surface area contributed by atoms with E-state index in [1.807, 2.05) is 78.9 Å². The summed E-state index contributed by atoms with van der Waals surface area (Å²) in [6.45, 7) is 0.0341. The first-order chi connectivity index (χ1) is 19.0. The van der Waals surface area contributed by atoms with E-state index in [9.17, 15) is 19.5 Å². The van der Waals surface area contributed by atoms with E-state index in [1.54, 1.807) is 12.4 Å². The van der Waals surface area contributed by atoms with Crippen molar-refractivity contribution in [2.24, 2.45) is 0 Å². The van der Waals surface area contributed by atoms with Gasteiger partial charge in [-0.05, 0) is 28.8 Å². The molecule has 2 amide bonds. The fraction of sp³-hybridized carbons (Fsp3) is 0.167. The van der Waals surface area contributed by atoms with Crippen molar-refractivity contribution in [3.05, 3.63) is 108 Å². The van der Waals surface area contributed by atoms with Crippen LogP contribution in [0.1, 0.15) is 16.7 Å². The molecule has 3 aromatic carbocycles. The van der Waals surface area contributed by atoms with Crippen LogP contribution in [0.3, 0.4) is 0 Å². The SMILES string of the molecule is O=C(N[C@H](Cc1c[nH]c2ccccc12)C(=O)N[C@H](Cc1c[nH]c2ccccc12)C(=O)O)OCc1ccccc1. The topological polar surface area (TPSA) is 136 Å². The highest BCUT2D eigenvalue weighted by Crippen LogP contribution is 2.21. The number of carbonyl (C=O) groups is 3. The zero-order chi connectivity index (χ0) is 27.2. The molecule has 0 fully saturated rings. The van der Waals surface area contributed by atoms with Crippen LogP contribution in [0, 0.1) is 0 Å². The lowest BCUT2D eigenvalue weighted by Gasteiger charge is -2.21. The number of para-hydroxylation sites is 2. The van der Waals surface area contributed by atoms with Crippen LogP contribution in [0.2, 0.25) is 0 Å². The number of rotatable bonds is 10. The van der Waals surface area contributed by atoms with Crippen LogP contribution in [0.15, 0.2) is 91.3 Å². The van der Waals surface area contributed by atoms with E-state index in [2.05, 4.69) is 20.6 Å². The number of carbonyl (C=O) groups excluding carboxylic acids is 2. The van der Waals surface area contributed by atoms with Crippen molar-refractivity contribution in [3.8, 4) is 0 Å². The normalized spacial score (nSPS) is 12.6. The fourth-order valence-electron chi connectivity index (χ4n) is 4.63. The standard InChI is InChI=1S/C30H28N4O5/c35-28(33-27(29(36)37)15-21-17-32-25-13-7-5-11-23(21)25)26(14-20-16-31-24-12-6-4-10-22(20)24)34-30(38)39-18-19-8-2-1-3-9-19/h1-13,16-17,26-27,31-32H,14-15,18H2,(H,33,35)(H,34,38)(H,36,37)/t26-,27-/m1/s1. The lowest BCUT2D eigenvalue weighted by atomic mass is 10.0. The van der Waals surface area contributed by atoms with Gasteiger partial charge in [0.25, 0.3) is 0 Å². The zero-order valence-electron chi connectivity index (χ0n) is 21.0. The molecule has 0 bridgehead atoms. The molecule has 0 unspecified atom stereocenters. The van der Waals surface area contributed by atoms with Gasteiger partial charge < -0.3 is 30.4 Å². The molecule has 5 N–H and O–H groups in total. The monoisotopic (exact) mass is 524 g/mol. The number of aromatic amines is 2. The number of carboxylic acid groups (broad SMARTS) is 1. The predicted molar refractivity (Wildman–Crippen MR) is 147 cm³/mol. The number of hydrogen-bond acceptors (Lipinski definition) is 4. The Kier molecular flexibility index (Phi) is 7.58. The van der Waals surface area contributed by atoms with Crippen LogP contribution in [0.4, 0.5) is 4.79 Å². The summed E-state index contributed by atoms with van der Waals surface area (Å²) in [5.74, 6) is -1.80. The average Bonchev–Trinajstić information content (AvgIpc) is 3.56. The third-order valence-electron chi connectivity index (χ3n) is 6.63. The number of fused-ring (bicyclic) bond motifs is 2. The number of hydrogen-bond donors (Lipinski definition) is 5. The van der Waals surface area contributed by atoms with E-state index >= 15 is 0 Å². The summed E-state index contributed by atoms with van der Waals surface area (Å²) in [4.78, 5) is 44.6. The molecule has 0 saturated carbocycles. The molecule has 5 rings (SSSR count). The Balaban J connectivity index is 1.34. The summed E-state index contributed by atoms with van der Waals surface area (Å²) in [5.41, 5.74) is 4.14. The van der Waals surface area contributed by atoms with Gasteiger partial charge in [-0.2, -0.15) is 0 Å². The van der Waals surface area contributed by atoms with Crippen LogP contribution < -0.4 is 10.6 Å². The van der Waals surface area contributed by atoms with Crippen molar-refractivity contribution >= 4 is 39.8 Å². The highest BCUT2D eigenvalue weighted by atomic mass is 16.5. The molecule has 0 saturated heterocycles. The van der Waals surface area contributed by atoms with Gasteiger partial charge in [0, 0.05) is 47.0 Å². The second-order valence-electron chi connectivity index (χ2n) is 9.29. The van der Waals surface area contributed by atoms with Crippen molar-refractivity contribution in [2.75, 3.05) is 0 Å². The summed E-state index contributed by atoms with van der Waals surface area (Å²) in [7, 11) is 0. The molecule has 5 aromatic rings. The first kappa shape index (κ1) is 25.6. The number of benzene rings is 3. The molecule has 0 aliphatic heterocycles. The molecule has 39 heavy (non-hydrogen) atoms. The first-order valence-corrected chi connectivity index (χ1v) is 12.6. The molecular formula is C30H28N4O5. The highest BCUT2D eigenvalue weighted by Gasteiger charge is 2.28. The molecule has 0 aliphatic rings.